The summed E-state index contributed by atoms with van der Waals surface area (Å²) in [5.74, 6) is -2.63. The normalized spacial score (nSPS) is 13.0. The van der Waals surface area contributed by atoms with Crippen molar-refractivity contribution in [3.63, 3.8) is 0 Å². The molecule has 0 aliphatic rings. The number of amidine groups is 1. The third-order valence-corrected chi connectivity index (χ3v) is 4.15. The van der Waals surface area contributed by atoms with Gasteiger partial charge in [0.05, 0.1) is 12.0 Å². The molecule has 0 fully saturated rings. The van der Waals surface area contributed by atoms with E-state index in [4.69, 9.17) is 20.6 Å². The van der Waals surface area contributed by atoms with Crippen molar-refractivity contribution in [1.29, 1.82) is 5.41 Å². The smallest absolute Gasteiger partial charge is 0.352 e. The van der Waals surface area contributed by atoms with Crippen molar-refractivity contribution in [2.45, 2.75) is 45.1 Å². The number of nitrogen functional groups attached to an aromatic ring is 1. The minimum Gasteiger partial charge on any atom is -0.478 e. The highest BCUT2D eigenvalue weighted by Crippen LogP contribution is 2.17. The number of para-hydroxylation sites is 1. The second-order valence-corrected chi connectivity index (χ2v) is 8.00. The van der Waals surface area contributed by atoms with E-state index >= 15 is 0 Å². The summed E-state index contributed by atoms with van der Waals surface area (Å²) in [4.78, 5) is 37.1. The summed E-state index contributed by atoms with van der Waals surface area (Å²) in [6.07, 6.45) is -3.27. The minimum absolute atomic E-state index is 0.130. The van der Waals surface area contributed by atoms with E-state index in [1.54, 1.807) is 51.1 Å². The number of carboxylic acid groups (broad SMARTS) is 1. The van der Waals surface area contributed by atoms with E-state index < -0.39 is 42.0 Å². The number of nitrogens with one attached hydrogen (secondary N) is 2. The number of carbonyl (C=O) groups excluding carboxylic acids is 2. The lowest BCUT2D eigenvalue weighted by molar-refractivity contribution is -0.152. The lowest BCUT2D eigenvalue weighted by Crippen LogP contribution is -2.46. The van der Waals surface area contributed by atoms with E-state index in [2.05, 4.69) is 5.32 Å². The number of hydrogen-bond donors (Lipinski definition) is 4. The van der Waals surface area contributed by atoms with Crippen molar-refractivity contribution >= 4 is 23.5 Å². The summed E-state index contributed by atoms with van der Waals surface area (Å²) in [6, 6.07) is 14.1. The molecule has 170 valence electrons. The number of aliphatic carboxylic acids is 1. The predicted molar refractivity (Wildman–Crippen MR) is 118 cm³/mol. The van der Waals surface area contributed by atoms with Crippen molar-refractivity contribution < 1.29 is 29.0 Å². The van der Waals surface area contributed by atoms with Gasteiger partial charge in [0.25, 0.3) is 12.0 Å². The molecule has 0 radical (unpaired) electrons. The molecule has 0 aliphatic carbocycles. The van der Waals surface area contributed by atoms with E-state index in [-0.39, 0.29) is 17.1 Å². The standard InChI is InChI=1S/C23H27N3O6/c1-23(2,3)32-18(26-21(28)15-11-9-14(10-12-15)20(24)25)13-17(27)19(22(29)30)31-16-7-5-4-6-8-16/h4-12,18-19H,13H2,1-3H3,(H3,24,25)(H,26,28)(H,29,30). The molecule has 0 spiro atoms. The lowest BCUT2D eigenvalue weighted by Gasteiger charge is -2.28. The Morgan fingerprint density at radius 2 is 1.59 bits per heavy atom. The first kappa shape index (κ1) is 24.5. The zero-order valence-electron chi connectivity index (χ0n) is 18.1. The zero-order chi connectivity index (χ0) is 23.9. The van der Waals surface area contributed by atoms with Crippen molar-refractivity contribution in [2.24, 2.45) is 5.73 Å². The maximum atomic E-state index is 12.7. The Labute approximate surface area is 186 Å². The highest BCUT2D eigenvalue weighted by atomic mass is 16.5. The summed E-state index contributed by atoms with van der Waals surface area (Å²) in [7, 11) is 0. The van der Waals surface area contributed by atoms with Gasteiger partial charge in [-0.1, -0.05) is 30.3 Å². The number of amides is 1. The number of benzene rings is 2. The SMILES string of the molecule is CC(C)(C)OC(CC(=O)C(Oc1ccccc1)C(=O)O)NC(=O)c1ccc(C(=N)N)cc1. The highest BCUT2D eigenvalue weighted by molar-refractivity contribution is 6.02. The largest absolute Gasteiger partial charge is 0.478 e. The Hall–Kier alpha value is -3.72. The Morgan fingerprint density at radius 3 is 2.09 bits per heavy atom. The monoisotopic (exact) mass is 441 g/mol. The molecule has 0 saturated heterocycles. The first-order valence-electron chi connectivity index (χ1n) is 9.86. The van der Waals surface area contributed by atoms with Crippen molar-refractivity contribution in [3.8, 4) is 5.75 Å². The van der Waals surface area contributed by atoms with Crippen molar-refractivity contribution in [1.82, 2.24) is 5.32 Å². The topological polar surface area (TPSA) is 152 Å². The van der Waals surface area contributed by atoms with E-state index in [0.717, 1.165) is 0 Å². The Kier molecular flexibility index (Phi) is 8.09. The van der Waals surface area contributed by atoms with Gasteiger partial charge in [-0.05, 0) is 45.0 Å². The highest BCUT2D eigenvalue weighted by Gasteiger charge is 2.32. The summed E-state index contributed by atoms with van der Waals surface area (Å²) < 4.78 is 11.1. The number of carboxylic acids is 1. The Morgan fingerprint density at radius 1 is 1.03 bits per heavy atom. The maximum absolute atomic E-state index is 12.7. The lowest BCUT2D eigenvalue weighted by atomic mass is 10.1. The number of ether oxygens (including phenoxy) is 2. The van der Waals surface area contributed by atoms with E-state index in [1.165, 1.54) is 24.3 Å². The van der Waals surface area contributed by atoms with Crippen LogP contribution < -0.4 is 15.8 Å². The zero-order valence-corrected chi connectivity index (χ0v) is 18.1. The summed E-state index contributed by atoms with van der Waals surface area (Å²) >= 11 is 0. The molecule has 5 N–H and O–H groups in total. The second-order valence-electron chi connectivity index (χ2n) is 8.00. The molecule has 9 nitrogen and oxygen atoms in total. The predicted octanol–water partition coefficient (Wildman–Crippen LogP) is 2.33. The van der Waals surface area contributed by atoms with Crippen LogP contribution >= 0.6 is 0 Å². The van der Waals surface area contributed by atoms with Gasteiger partial charge in [-0.25, -0.2) is 4.79 Å². The number of ketones is 1. The third kappa shape index (κ3) is 7.51. The summed E-state index contributed by atoms with van der Waals surface area (Å²) in [5.41, 5.74) is 5.42. The van der Waals surface area contributed by atoms with E-state index in [9.17, 15) is 19.5 Å². The van der Waals surface area contributed by atoms with Gasteiger partial charge in [-0.15, -0.1) is 0 Å². The van der Waals surface area contributed by atoms with Crippen LogP contribution in [-0.4, -0.2) is 46.5 Å². The Bertz CT molecular complexity index is 967. The quantitative estimate of drug-likeness (QED) is 0.191. The van der Waals surface area contributed by atoms with Gasteiger partial charge in [0.2, 0.25) is 0 Å². The molecular formula is C23H27N3O6. The van der Waals surface area contributed by atoms with E-state index in [0.29, 0.717) is 5.56 Å². The molecule has 0 bridgehead atoms. The van der Waals surface area contributed by atoms with Gasteiger partial charge in [-0.2, -0.15) is 0 Å². The first-order valence-corrected chi connectivity index (χ1v) is 9.86. The van der Waals surface area contributed by atoms with Crippen molar-refractivity contribution in [2.75, 3.05) is 0 Å². The van der Waals surface area contributed by atoms with Crippen LogP contribution in [0.1, 0.15) is 43.1 Å². The maximum Gasteiger partial charge on any atom is 0.352 e. The fourth-order valence-corrected chi connectivity index (χ4v) is 2.76. The number of hydrogen-bond acceptors (Lipinski definition) is 6. The number of nitrogens with two attached hydrogens (primary N) is 1. The van der Waals surface area contributed by atoms with Gasteiger partial charge in [0.15, 0.2) is 5.78 Å². The molecular weight excluding hydrogens is 414 g/mol. The van der Waals surface area contributed by atoms with Gasteiger partial charge in [-0.3, -0.25) is 15.0 Å². The molecule has 0 aliphatic heterocycles. The third-order valence-electron chi connectivity index (χ3n) is 4.15. The van der Waals surface area contributed by atoms with Crippen LogP contribution in [0.4, 0.5) is 0 Å². The van der Waals surface area contributed by atoms with Crippen LogP contribution in [0.15, 0.2) is 54.6 Å². The van der Waals surface area contributed by atoms with Crippen LogP contribution in [0.25, 0.3) is 0 Å². The molecule has 0 saturated carbocycles. The van der Waals surface area contributed by atoms with Crippen LogP contribution in [0.2, 0.25) is 0 Å². The van der Waals surface area contributed by atoms with Crippen LogP contribution in [0.5, 0.6) is 5.75 Å². The molecule has 2 atom stereocenters. The molecule has 0 heterocycles. The first-order chi connectivity index (χ1) is 15.0. The molecule has 2 unspecified atom stereocenters. The molecule has 2 rings (SSSR count). The number of rotatable bonds is 10. The number of carbonyl (C=O) groups is 3. The molecule has 2 aromatic rings. The molecule has 2 aromatic carbocycles. The molecule has 32 heavy (non-hydrogen) atoms. The molecule has 1 amide bonds. The summed E-state index contributed by atoms with van der Waals surface area (Å²) in [6.45, 7) is 5.23. The fraction of sp³-hybridized carbons (Fsp3) is 0.304. The Balaban J connectivity index is 2.16. The fourth-order valence-electron chi connectivity index (χ4n) is 2.76. The minimum atomic E-state index is -1.75. The van der Waals surface area contributed by atoms with Gasteiger partial charge < -0.3 is 25.6 Å². The van der Waals surface area contributed by atoms with E-state index in [1.807, 2.05) is 0 Å². The van der Waals surface area contributed by atoms with Crippen molar-refractivity contribution in [3.05, 3.63) is 65.7 Å². The van der Waals surface area contributed by atoms with Gasteiger partial charge in [0, 0.05) is 11.1 Å². The number of Topliss-reactive ketones (excluding diaryl/α,β-unsaturated/α-hetero) is 1. The van der Waals surface area contributed by atoms with Crippen LogP contribution in [0.3, 0.4) is 0 Å². The molecule has 0 aromatic heterocycles. The summed E-state index contributed by atoms with van der Waals surface area (Å²) in [5, 5.41) is 19.5. The molecule has 9 heteroatoms. The average Bonchev–Trinajstić information content (AvgIpc) is 2.71. The van der Waals surface area contributed by atoms with Gasteiger partial charge in [0.1, 0.15) is 17.8 Å². The van der Waals surface area contributed by atoms with Gasteiger partial charge >= 0.3 is 5.97 Å². The second kappa shape index (κ2) is 10.5. The average molecular weight is 441 g/mol. The van der Waals surface area contributed by atoms with Crippen LogP contribution in [-0.2, 0) is 14.3 Å². The van der Waals surface area contributed by atoms with Crippen LogP contribution in [0, 0.1) is 5.41 Å².